The molecule has 0 radical (unpaired) electrons. The third-order valence-electron chi connectivity index (χ3n) is 11.2. The number of likely N-dealkylation sites (tertiary alicyclic amines) is 1. The minimum atomic E-state index is -0.928. The number of nitrogens with zero attached hydrogens (tertiary/aromatic N) is 8. The second kappa shape index (κ2) is 10.4. The van der Waals surface area contributed by atoms with E-state index < -0.39 is 11.2 Å². The zero-order valence-electron chi connectivity index (χ0n) is 27.0. The Kier molecular flexibility index (Phi) is 6.48. The molecule has 4 aliphatic heterocycles. The number of anilines is 2. The van der Waals surface area contributed by atoms with Gasteiger partial charge in [-0.25, -0.2) is 14.6 Å². The van der Waals surface area contributed by atoms with Gasteiger partial charge in [0.2, 0.25) is 5.88 Å². The van der Waals surface area contributed by atoms with E-state index in [-0.39, 0.29) is 12.1 Å². The Morgan fingerprint density at radius 3 is 2.87 bits per heavy atom. The Bertz CT molecular complexity index is 1950. The molecule has 14 heteroatoms. The van der Waals surface area contributed by atoms with Gasteiger partial charge >= 0.3 is 0 Å². The van der Waals surface area contributed by atoms with Gasteiger partial charge in [0.15, 0.2) is 28.5 Å². The predicted octanol–water partition coefficient (Wildman–Crippen LogP) is 3.92. The molecule has 0 saturated carbocycles. The van der Waals surface area contributed by atoms with Gasteiger partial charge in [-0.05, 0) is 72.4 Å². The molecule has 0 aromatic carbocycles. The number of nitriles is 1. The van der Waals surface area contributed by atoms with Crippen LogP contribution in [-0.2, 0) is 23.2 Å². The van der Waals surface area contributed by atoms with Gasteiger partial charge < -0.3 is 34.6 Å². The molecule has 1 spiro atoms. The van der Waals surface area contributed by atoms with E-state index in [1.807, 2.05) is 11.6 Å². The maximum Gasteiger partial charge on any atom is 0.246 e. The number of rotatable bonds is 3. The summed E-state index contributed by atoms with van der Waals surface area (Å²) in [5.41, 5.74) is 7.99. The van der Waals surface area contributed by atoms with Crippen LogP contribution < -0.4 is 15.4 Å². The van der Waals surface area contributed by atoms with Crippen molar-refractivity contribution in [2.75, 3.05) is 44.0 Å². The fourth-order valence-corrected chi connectivity index (χ4v) is 9.97. The number of nitrogens with two attached hydrogens (primary N) is 1. The van der Waals surface area contributed by atoms with Crippen LogP contribution >= 0.6 is 11.3 Å². The van der Waals surface area contributed by atoms with E-state index in [0.717, 1.165) is 60.0 Å². The van der Waals surface area contributed by atoms with Crippen LogP contribution in [-0.4, -0.2) is 85.9 Å². The predicted molar refractivity (Wildman–Crippen MR) is 174 cm³/mol. The number of likely N-dealkylation sites (N-methyl/N-ethyl adjacent to an activating group) is 1. The number of fused-ring (bicyclic) bond motifs is 6. The van der Waals surface area contributed by atoms with E-state index in [0.29, 0.717) is 90.3 Å². The zero-order chi connectivity index (χ0) is 32.2. The fraction of sp³-hybridized carbons (Fsp3) is 0.606. The first kappa shape index (κ1) is 29.4. The quantitative estimate of drug-likeness (QED) is 0.327. The van der Waals surface area contributed by atoms with Crippen molar-refractivity contribution in [2.24, 2.45) is 0 Å². The first-order valence-electron chi connectivity index (χ1n) is 16.8. The number of aliphatic hydroxyl groups is 1. The van der Waals surface area contributed by atoms with Crippen molar-refractivity contribution < 1.29 is 19.1 Å². The van der Waals surface area contributed by atoms with Crippen LogP contribution in [0, 0.1) is 11.3 Å². The third-order valence-corrected chi connectivity index (χ3v) is 12.3. The molecular weight excluding hydrogens is 618 g/mol. The number of aryl methyl sites for hydroxylation is 1. The van der Waals surface area contributed by atoms with E-state index in [9.17, 15) is 10.4 Å². The molecule has 8 heterocycles. The molecular formula is C33H39N9O4S. The topological polar surface area (TPSA) is 165 Å². The summed E-state index contributed by atoms with van der Waals surface area (Å²) in [6, 6.07) is 2.72. The Hall–Kier alpha value is -3.77. The number of nitrogen functional groups attached to an aromatic ring is 1. The zero-order valence-corrected chi connectivity index (χ0v) is 27.8. The molecule has 4 aromatic heterocycles. The van der Waals surface area contributed by atoms with Crippen LogP contribution in [0.4, 0.5) is 10.8 Å². The van der Waals surface area contributed by atoms with Gasteiger partial charge in [-0.3, -0.25) is 0 Å². The minimum Gasteiger partial charge on any atom is -0.474 e. The molecule has 5 unspecified atom stereocenters. The van der Waals surface area contributed by atoms with Crippen LogP contribution in [0.3, 0.4) is 0 Å². The van der Waals surface area contributed by atoms with Crippen molar-refractivity contribution in [3.63, 3.8) is 0 Å². The highest BCUT2D eigenvalue weighted by Crippen LogP contribution is 2.53. The molecule has 13 nitrogen and oxygen atoms in total. The Morgan fingerprint density at radius 1 is 1.19 bits per heavy atom. The van der Waals surface area contributed by atoms with E-state index in [1.54, 1.807) is 0 Å². The summed E-state index contributed by atoms with van der Waals surface area (Å²) >= 11 is 1.47. The highest BCUT2D eigenvalue weighted by molar-refractivity contribution is 7.16. The number of aromatic nitrogens is 5. The SMILES string of the molecule is CC(C1CCCN1C)n1nc2c3c(nc(-c4noc5c4CCOC54CCCc5sc(N)c(C#N)c54)nc31)N1CC(C)(O)CCC1CO2. The molecule has 9 rings (SSSR count). The van der Waals surface area contributed by atoms with Gasteiger partial charge in [-0.1, -0.05) is 5.16 Å². The van der Waals surface area contributed by atoms with Crippen LogP contribution in [0.15, 0.2) is 4.52 Å². The van der Waals surface area contributed by atoms with Crippen LogP contribution in [0.2, 0.25) is 0 Å². The molecule has 2 fully saturated rings. The molecule has 47 heavy (non-hydrogen) atoms. The highest BCUT2D eigenvalue weighted by Gasteiger charge is 2.51. The largest absolute Gasteiger partial charge is 0.474 e. The molecule has 1 aliphatic carbocycles. The number of hydrogen-bond donors (Lipinski definition) is 2. The Balaban J connectivity index is 1.24. The van der Waals surface area contributed by atoms with Gasteiger partial charge in [-0.15, -0.1) is 16.4 Å². The second-order valence-electron chi connectivity index (χ2n) is 14.2. The fourth-order valence-electron chi connectivity index (χ4n) is 8.83. The van der Waals surface area contributed by atoms with Crippen molar-refractivity contribution >= 4 is 33.2 Å². The van der Waals surface area contributed by atoms with Gasteiger partial charge in [0.05, 0.1) is 29.9 Å². The molecule has 5 atom stereocenters. The van der Waals surface area contributed by atoms with Crippen molar-refractivity contribution in [1.29, 1.82) is 5.26 Å². The van der Waals surface area contributed by atoms with Crippen LogP contribution in [0.5, 0.6) is 5.88 Å². The monoisotopic (exact) mass is 657 g/mol. The summed E-state index contributed by atoms with van der Waals surface area (Å²) in [6.07, 6.45) is 6.64. The maximum absolute atomic E-state index is 11.2. The summed E-state index contributed by atoms with van der Waals surface area (Å²) in [7, 11) is 2.17. The molecule has 0 bridgehead atoms. The third kappa shape index (κ3) is 4.22. The normalized spacial score (nSPS) is 29.2. The molecule has 2 saturated heterocycles. The Labute approximate surface area is 276 Å². The average Bonchev–Trinajstić information content (AvgIpc) is 3.82. The molecule has 4 aromatic rings. The summed E-state index contributed by atoms with van der Waals surface area (Å²) in [5.74, 6) is 2.30. The molecule has 246 valence electrons. The van der Waals surface area contributed by atoms with Gasteiger partial charge in [0, 0.05) is 35.0 Å². The standard InChI is InChI=1S/C33H39N9O4S/c1-17(21-6-5-12-40(21)3)42-30-23-29(41-16-32(2,43)11-8-18(41)15-44-31(23)38-42)36-28(37-30)25-19-9-13-45-33(26(19)46-39-25)10-4-7-22-24(33)20(14-34)27(35)47-22/h17-18,21,43H,4-13,15-16,35H2,1-3H3. The highest BCUT2D eigenvalue weighted by atomic mass is 32.1. The average molecular weight is 658 g/mol. The lowest BCUT2D eigenvalue weighted by Crippen LogP contribution is -2.53. The first-order chi connectivity index (χ1) is 22.7. The van der Waals surface area contributed by atoms with Gasteiger partial charge in [0.25, 0.3) is 0 Å². The summed E-state index contributed by atoms with van der Waals surface area (Å²) < 4.78 is 21.2. The van der Waals surface area contributed by atoms with E-state index in [1.165, 1.54) is 11.3 Å². The van der Waals surface area contributed by atoms with E-state index in [2.05, 4.69) is 35.0 Å². The van der Waals surface area contributed by atoms with Gasteiger partial charge in [0.1, 0.15) is 28.9 Å². The maximum atomic E-state index is 11.2. The lowest BCUT2D eigenvalue weighted by atomic mass is 9.76. The van der Waals surface area contributed by atoms with Crippen molar-refractivity contribution in [3.05, 3.63) is 27.3 Å². The van der Waals surface area contributed by atoms with Crippen LogP contribution in [0.25, 0.3) is 22.6 Å². The Morgan fingerprint density at radius 2 is 2.06 bits per heavy atom. The second-order valence-corrected chi connectivity index (χ2v) is 15.4. The smallest absolute Gasteiger partial charge is 0.246 e. The van der Waals surface area contributed by atoms with Gasteiger partial charge in [-0.2, -0.15) is 5.26 Å². The number of thiophene rings is 1. The number of piperidine rings is 1. The van der Waals surface area contributed by atoms with Crippen molar-refractivity contribution in [2.45, 2.75) is 94.5 Å². The summed E-state index contributed by atoms with van der Waals surface area (Å²) in [5, 5.41) is 32.3. The lowest BCUT2D eigenvalue weighted by molar-refractivity contribution is -0.0580. The van der Waals surface area contributed by atoms with Crippen molar-refractivity contribution in [3.8, 4) is 23.5 Å². The van der Waals surface area contributed by atoms with Crippen molar-refractivity contribution in [1.82, 2.24) is 29.8 Å². The molecule has 0 amide bonds. The summed E-state index contributed by atoms with van der Waals surface area (Å²) in [4.78, 5) is 16.1. The molecule has 5 aliphatic rings. The number of hydrogen-bond acceptors (Lipinski definition) is 13. The van der Waals surface area contributed by atoms with Crippen LogP contribution in [0.1, 0.15) is 85.7 Å². The van der Waals surface area contributed by atoms with E-state index >= 15 is 0 Å². The minimum absolute atomic E-state index is 0.0367. The molecule has 3 N–H and O–H groups in total. The first-order valence-corrected chi connectivity index (χ1v) is 17.6. The van der Waals surface area contributed by atoms with E-state index in [4.69, 9.17) is 34.8 Å². The number of ether oxygens (including phenoxy) is 2. The lowest BCUT2D eigenvalue weighted by Gasteiger charge is -2.42. The summed E-state index contributed by atoms with van der Waals surface area (Å²) in [6.45, 7) is 6.45.